The molecule has 0 bridgehead atoms. The van der Waals surface area contributed by atoms with Crippen molar-refractivity contribution in [3.05, 3.63) is 40.5 Å². The molecule has 0 aliphatic rings. The van der Waals surface area contributed by atoms with Crippen LogP contribution in [0.15, 0.2) is 23.7 Å². The summed E-state index contributed by atoms with van der Waals surface area (Å²) in [4.78, 5) is 47.0. The molecule has 0 fully saturated rings. The van der Waals surface area contributed by atoms with E-state index in [-0.39, 0.29) is 22.0 Å². The Kier molecular flexibility index (Phi) is 5.38. The summed E-state index contributed by atoms with van der Waals surface area (Å²) in [6.07, 6.45) is 0.403. The molecule has 0 aliphatic heterocycles. The summed E-state index contributed by atoms with van der Waals surface area (Å²) < 4.78 is 6.58. The zero-order valence-electron chi connectivity index (χ0n) is 13.9. The molecule has 0 unspecified atom stereocenters. The van der Waals surface area contributed by atoms with Gasteiger partial charge in [-0.05, 0) is 31.4 Å². The fourth-order valence-electron chi connectivity index (χ4n) is 2.05. The van der Waals surface area contributed by atoms with Crippen LogP contribution in [0.2, 0.25) is 0 Å². The molecular weight excluding hydrogens is 346 g/mol. The highest BCUT2D eigenvalue weighted by Crippen LogP contribution is 2.23. The third-order valence-corrected chi connectivity index (χ3v) is 4.27. The molecular formula is C16H17N3O5S. The maximum atomic E-state index is 12.2. The quantitative estimate of drug-likeness (QED) is 0.596. The number of anilines is 1. The largest absolute Gasteiger partial charge is 0.448 e. The highest BCUT2D eigenvalue weighted by atomic mass is 32.1. The first kappa shape index (κ1) is 18.4. The van der Waals surface area contributed by atoms with Crippen LogP contribution in [0, 0.1) is 0 Å². The van der Waals surface area contributed by atoms with Gasteiger partial charge in [0, 0.05) is 18.8 Å². The maximum Gasteiger partial charge on any atom is 0.355 e. The minimum absolute atomic E-state index is 0.152. The monoisotopic (exact) mass is 363 g/mol. The fourth-order valence-corrected chi connectivity index (χ4v) is 2.84. The number of Topliss-reactive ketones (excluding diaryl/α,β-unsaturated/α-hetero) is 1. The smallest absolute Gasteiger partial charge is 0.355 e. The molecule has 8 nitrogen and oxygen atoms in total. The maximum absolute atomic E-state index is 12.2. The summed E-state index contributed by atoms with van der Waals surface area (Å²) >= 11 is 1.13. The highest BCUT2D eigenvalue weighted by Gasteiger charge is 2.23. The molecule has 2 amide bonds. The Morgan fingerprint density at radius 2 is 2.00 bits per heavy atom. The summed E-state index contributed by atoms with van der Waals surface area (Å²) in [6, 6.07) is 2.90. The van der Waals surface area contributed by atoms with Crippen molar-refractivity contribution in [1.82, 2.24) is 4.57 Å². The Bertz CT molecular complexity index is 852. The molecule has 2 heterocycles. The Morgan fingerprint density at radius 1 is 1.32 bits per heavy atom. The van der Waals surface area contributed by atoms with Crippen molar-refractivity contribution in [3.63, 3.8) is 0 Å². The van der Waals surface area contributed by atoms with Gasteiger partial charge in [0.2, 0.25) is 0 Å². The zero-order chi connectivity index (χ0) is 18.7. The van der Waals surface area contributed by atoms with Crippen LogP contribution in [0.3, 0.4) is 0 Å². The lowest BCUT2D eigenvalue weighted by atomic mass is 10.2. The molecule has 0 radical (unpaired) electrons. The van der Waals surface area contributed by atoms with Crippen molar-refractivity contribution >= 4 is 39.9 Å². The summed E-state index contributed by atoms with van der Waals surface area (Å²) in [5.41, 5.74) is 5.92. The number of esters is 1. The first-order valence-corrected chi connectivity index (χ1v) is 8.15. The number of nitrogens with two attached hydrogens (primary N) is 1. The number of primary amides is 1. The van der Waals surface area contributed by atoms with E-state index in [2.05, 4.69) is 5.32 Å². The number of rotatable bonds is 6. The normalized spacial score (nSPS) is 11.6. The summed E-state index contributed by atoms with van der Waals surface area (Å²) in [5, 5.41) is 4.41. The van der Waals surface area contributed by atoms with Crippen LogP contribution in [-0.4, -0.2) is 34.2 Å². The second-order valence-electron chi connectivity index (χ2n) is 5.35. The van der Waals surface area contributed by atoms with Crippen LogP contribution in [0.5, 0.6) is 0 Å². The van der Waals surface area contributed by atoms with Crippen LogP contribution in [-0.2, 0) is 16.6 Å². The molecule has 9 heteroatoms. The number of carbonyl (C=O) groups is 4. The van der Waals surface area contributed by atoms with E-state index in [4.69, 9.17) is 10.5 Å². The van der Waals surface area contributed by atoms with E-state index >= 15 is 0 Å². The van der Waals surface area contributed by atoms with Crippen molar-refractivity contribution in [3.8, 4) is 0 Å². The van der Waals surface area contributed by atoms with Crippen molar-refractivity contribution in [1.29, 1.82) is 0 Å². The van der Waals surface area contributed by atoms with E-state index in [9.17, 15) is 19.2 Å². The van der Waals surface area contributed by atoms with E-state index < -0.39 is 23.9 Å². The SMILES string of the molecule is CC(=O)c1cc(C(=O)O[C@H](C)C(=O)Nc2sccc2C(N)=O)n(C)c1. The molecule has 132 valence electrons. The molecule has 1 atom stereocenters. The van der Waals surface area contributed by atoms with Crippen LogP contribution in [0.4, 0.5) is 5.00 Å². The number of nitrogens with one attached hydrogen (secondary N) is 1. The van der Waals surface area contributed by atoms with Crippen LogP contribution >= 0.6 is 11.3 Å². The Morgan fingerprint density at radius 3 is 2.56 bits per heavy atom. The molecule has 0 aromatic carbocycles. The number of nitrogens with zero attached hydrogens (tertiary/aromatic N) is 1. The standard InChI is InChI=1S/C16H17N3O5S/c1-8(20)10-6-12(19(3)7-10)16(23)24-9(2)14(22)18-15-11(13(17)21)4-5-25-15/h4-7,9H,1-3H3,(H2,17,21)(H,18,22)/t9-/m1/s1. The van der Waals surface area contributed by atoms with Gasteiger partial charge in [-0.2, -0.15) is 0 Å². The van der Waals surface area contributed by atoms with Crippen molar-refractivity contribution in [2.45, 2.75) is 20.0 Å². The predicted molar refractivity (Wildman–Crippen MR) is 91.8 cm³/mol. The van der Waals surface area contributed by atoms with E-state index in [0.717, 1.165) is 11.3 Å². The minimum Gasteiger partial charge on any atom is -0.448 e. The molecule has 2 aromatic heterocycles. The fraction of sp³-hybridized carbons (Fsp3) is 0.250. The summed E-state index contributed by atoms with van der Waals surface area (Å²) in [6.45, 7) is 2.79. The third-order valence-electron chi connectivity index (χ3n) is 3.44. The lowest BCUT2D eigenvalue weighted by Crippen LogP contribution is -2.30. The van der Waals surface area contributed by atoms with Gasteiger partial charge in [0.05, 0.1) is 5.56 Å². The zero-order valence-corrected chi connectivity index (χ0v) is 14.7. The Labute approximate surface area is 147 Å². The topological polar surface area (TPSA) is 120 Å². The molecule has 25 heavy (non-hydrogen) atoms. The predicted octanol–water partition coefficient (Wildman–Crippen LogP) is 1.57. The third kappa shape index (κ3) is 4.13. The lowest BCUT2D eigenvalue weighted by molar-refractivity contribution is -0.123. The second-order valence-corrected chi connectivity index (χ2v) is 6.26. The van der Waals surface area contributed by atoms with Crippen molar-refractivity contribution in [2.24, 2.45) is 12.8 Å². The summed E-state index contributed by atoms with van der Waals surface area (Å²) in [5.74, 6) is -2.18. The molecule has 0 saturated heterocycles. The van der Waals surface area contributed by atoms with Crippen LogP contribution in [0.1, 0.15) is 45.1 Å². The number of ketones is 1. The van der Waals surface area contributed by atoms with E-state index in [0.29, 0.717) is 5.56 Å². The van der Waals surface area contributed by atoms with Gasteiger partial charge < -0.3 is 20.4 Å². The average molecular weight is 363 g/mol. The Balaban J connectivity index is 2.05. The average Bonchev–Trinajstić information content (AvgIpc) is 3.13. The first-order valence-electron chi connectivity index (χ1n) is 7.27. The van der Waals surface area contributed by atoms with Gasteiger partial charge in [0.1, 0.15) is 10.7 Å². The summed E-state index contributed by atoms with van der Waals surface area (Å²) in [7, 11) is 1.60. The number of hydrogen-bond donors (Lipinski definition) is 2. The minimum atomic E-state index is -1.11. The second kappa shape index (κ2) is 7.31. The molecule has 3 N–H and O–H groups in total. The van der Waals surface area contributed by atoms with Gasteiger partial charge in [-0.1, -0.05) is 0 Å². The molecule has 2 aromatic rings. The number of ether oxygens (including phenoxy) is 1. The lowest BCUT2D eigenvalue weighted by Gasteiger charge is -2.13. The van der Waals surface area contributed by atoms with Gasteiger partial charge in [0.15, 0.2) is 11.9 Å². The number of carbonyl (C=O) groups excluding carboxylic acids is 4. The van der Waals surface area contributed by atoms with Gasteiger partial charge >= 0.3 is 5.97 Å². The van der Waals surface area contributed by atoms with Crippen LogP contribution < -0.4 is 11.1 Å². The molecule has 2 rings (SSSR count). The van der Waals surface area contributed by atoms with E-state index in [1.165, 1.54) is 36.7 Å². The first-order chi connectivity index (χ1) is 11.7. The highest BCUT2D eigenvalue weighted by molar-refractivity contribution is 7.14. The number of hydrogen-bond acceptors (Lipinski definition) is 6. The van der Waals surface area contributed by atoms with E-state index in [1.807, 2.05) is 0 Å². The number of amides is 2. The van der Waals surface area contributed by atoms with E-state index in [1.54, 1.807) is 12.4 Å². The van der Waals surface area contributed by atoms with Gasteiger partial charge in [-0.3, -0.25) is 14.4 Å². The van der Waals surface area contributed by atoms with Crippen LogP contribution in [0.25, 0.3) is 0 Å². The molecule has 0 aliphatic carbocycles. The van der Waals surface area contributed by atoms with Gasteiger partial charge in [-0.25, -0.2) is 4.79 Å². The van der Waals surface area contributed by atoms with Crippen molar-refractivity contribution < 1.29 is 23.9 Å². The number of aryl methyl sites for hydroxylation is 1. The van der Waals surface area contributed by atoms with Gasteiger partial charge in [0.25, 0.3) is 11.8 Å². The molecule has 0 saturated carbocycles. The number of thiophene rings is 1. The van der Waals surface area contributed by atoms with Gasteiger partial charge in [-0.15, -0.1) is 11.3 Å². The number of aromatic nitrogens is 1. The van der Waals surface area contributed by atoms with Crippen molar-refractivity contribution in [2.75, 3.05) is 5.32 Å². The molecule has 0 spiro atoms. The Hall–Kier alpha value is -2.94.